The zero-order chi connectivity index (χ0) is 18.8. The number of hydrogen-bond donors (Lipinski definition) is 3. The minimum atomic E-state index is -0.333. The smallest absolute Gasteiger partial charge is 0.273 e. The molecular formula is C19H21N7O. The zero-order valence-corrected chi connectivity index (χ0v) is 14.9. The maximum atomic E-state index is 12.6. The molecule has 8 nitrogen and oxygen atoms in total. The van der Waals surface area contributed by atoms with Gasteiger partial charge in [-0.2, -0.15) is 0 Å². The molecule has 0 aliphatic heterocycles. The van der Waals surface area contributed by atoms with Crippen molar-refractivity contribution < 1.29 is 4.79 Å². The van der Waals surface area contributed by atoms with Crippen LogP contribution in [0.2, 0.25) is 0 Å². The van der Waals surface area contributed by atoms with E-state index in [1.807, 2.05) is 30.3 Å². The van der Waals surface area contributed by atoms with Crippen molar-refractivity contribution in [3.8, 4) is 11.4 Å². The minimum absolute atomic E-state index is 0.0351. The number of fused-ring (bicyclic) bond motifs is 1. The van der Waals surface area contributed by atoms with E-state index in [1.54, 1.807) is 0 Å². The number of nitrogens with one attached hydrogen (secondary N) is 1. The predicted octanol–water partition coefficient (Wildman–Crippen LogP) is 2.31. The van der Waals surface area contributed by atoms with Crippen molar-refractivity contribution >= 4 is 28.7 Å². The third-order valence-corrected chi connectivity index (χ3v) is 4.77. The number of benzene rings is 1. The fourth-order valence-corrected chi connectivity index (χ4v) is 3.37. The lowest BCUT2D eigenvalue weighted by Crippen LogP contribution is -2.37. The van der Waals surface area contributed by atoms with Crippen molar-refractivity contribution in [2.45, 2.75) is 38.1 Å². The quantitative estimate of drug-likeness (QED) is 0.650. The van der Waals surface area contributed by atoms with E-state index in [2.05, 4.69) is 25.3 Å². The summed E-state index contributed by atoms with van der Waals surface area (Å²) in [7, 11) is 0. The van der Waals surface area contributed by atoms with E-state index in [4.69, 9.17) is 11.5 Å². The predicted molar refractivity (Wildman–Crippen MR) is 104 cm³/mol. The first-order chi connectivity index (χ1) is 13.1. The first-order valence-corrected chi connectivity index (χ1v) is 9.09. The third-order valence-electron chi connectivity index (χ3n) is 4.77. The van der Waals surface area contributed by atoms with Gasteiger partial charge >= 0.3 is 0 Å². The summed E-state index contributed by atoms with van der Waals surface area (Å²) < 4.78 is 0. The molecule has 1 amide bonds. The normalized spacial score (nSPS) is 15.0. The Bertz CT molecular complexity index is 984. The molecule has 0 radical (unpaired) electrons. The van der Waals surface area contributed by atoms with Crippen LogP contribution in [0.25, 0.3) is 22.6 Å². The average Bonchev–Trinajstić information content (AvgIpc) is 2.68. The Morgan fingerprint density at radius 2 is 1.67 bits per heavy atom. The summed E-state index contributed by atoms with van der Waals surface area (Å²) in [5.41, 5.74) is 13.5. The van der Waals surface area contributed by atoms with Gasteiger partial charge < -0.3 is 16.8 Å². The van der Waals surface area contributed by atoms with Crippen LogP contribution in [-0.2, 0) is 0 Å². The van der Waals surface area contributed by atoms with Gasteiger partial charge in [0.25, 0.3) is 5.91 Å². The minimum Gasteiger partial charge on any atom is -0.382 e. The fourth-order valence-electron chi connectivity index (χ4n) is 3.37. The molecule has 4 rings (SSSR count). The highest BCUT2D eigenvalue weighted by Gasteiger charge is 2.21. The van der Waals surface area contributed by atoms with Crippen LogP contribution in [0.1, 0.15) is 42.6 Å². The molecule has 27 heavy (non-hydrogen) atoms. The first-order valence-electron chi connectivity index (χ1n) is 9.09. The monoisotopic (exact) mass is 363 g/mol. The SMILES string of the molecule is Nc1nc2nc(-c3ccccc3)nc(N)c2nc1C(=O)NC1CCCCC1. The van der Waals surface area contributed by atoms with E-state index in [0.29, 0.717) is 5.82 Å². The number of carbonyl (C=O) groups is 1. The molecule has 2 heterocycles. The van der Waals surface area contributed by atoms with Crippen molar-refractivity contribution in [2.75, 3.05) is 11.5 Å². The summed E-state index contributed by atoms with van der Waals surface area (Å²) in [4.78, 5) is 29.9. The Hall–Kier alpha value is -3.29. The molecule has 0 atom stereocenters. The van der Waals surface area contributed by atoms with E-state index in [1.165, 1.54) is 6.42 Å². The number of nitrogens with two attached hydrogens (primary N) is 2. The van der Waals surface area contributed by atoms with Gasteiger partial charge in [-0.05, 0) is 12.8 Å². The molecule has 3 aromatic rings. The van der Waals surface area contributed by atoms with Gasteiger partial charge in [0.15, 0.2) is 34.3 Å². The molecule has 1 fully saturated rings. The van der Waals surface area contributed by atoms with Gasteiger partial charge in [-0.25, -0.2) is 19.9 Å². The van der Waals surface area contributed by atoms with E-state index in [9.17, 15) is 4.79 Å². The summed E-state index contributed by atoms with van der Waals surface area (Å²) in [6.45, 7) is 0. The number of anilines is 2. The second kappa shape index (κ2) is 7.14. The van der Waals surface area contributed by atoms with Gasteiger partial charge in [-0.15, -0.1) is 0 Å². The highest BCUT2D eigenvalue weighted by Crippen LogP contribution is 2.23. The molecule has 0 unspecified atom stereocenters. The van der Waals surface area contributed by atoms with Crippen LogP contribution in [-0.4, -0.2) is 31.9 Å². The van der Waals surface area contributed by atoms with E-state index >= 15 is 0 Å². The molecule has 138 valence electrons. The van der Waals surface area contributed by atoms with Gasteiger partial charge in [0.05, 0.1) is 0 Å². The molecule has 1 aliphatic rings. The van der Waals surface area contributed by atoms with Crippen LogP contribution in [0.15, 0.2) is 30.3 Å². The Labute approximate surface area is 156 Å². The van der Waals surface area contributed by atoms with Crippen LogP contribution in [0.4, 0.5) is 11.6 Å². The Morgan fingerprint density at radius 1 is 0.926 bits per heavy atom. The molecule has 5 N–H and O–H groups in total. The molecule has 1 aromatic carbocycles. The van der Waals surface area contributed by atoms with Gasteiger partial charge in [0.2, 0.25) is 0 Å². The third kappa shape index (κ3) is 3.51. The summed E-state index contributed by atoms with van der Waals surface area (Å²) in [5.74, 6) is 0.306. The van der Waals surface area contributed by atoms with Crippen molar-refractivity contribution in [1.29, 1.82) is 0 Å². The molecule has 0 saturated heterocycles. The molecule has 8 heteroatoms. The first kappa shape index (κ1) is 17.1. The standard InChI is InChI=1S/C19H21N7O/c20-15-13-18(26-17(24-15)11-7-3-1-4-8-11)25-16(21)14(23-13)19(27)22-12-9-5-2-6-10-12/h1,3-4,7-8,12H,2,5-6,9-10H2,(H,22,27)(H4,20,21,24,25,26). The van der Waals surface area contributed by atoms with Gasteiger partial charge in [0.1, 0.15) is 0 Å². The zero-order valence-electron chi connectivity index (χ0n) is 14.9. The number of carbonyl (C=O) groups excluding carboxylic acids is 1. The van der Waals surface area contributed by atoms with E-state index in [-0.39, 0.29) is 40.4 Å². The lowest BCUT2D eigenvalue weighted by molar-refractivity contribution is 0.0923. The summed E-state index contributed by atoms with van der Waals surface area (Å²) >= 11 is 0. The topological polar surface area (TPSA) is 133 Å². The van der Waals surface area contributed by atoms with Gasteiger partial charge in [0, 0.05) is 11.6 Å². The lowest BCUT2D eigenvalue weighted by Gasteiger charge is -2.22. The van der Waals surface area contributed by atoms with Crippen LogP contribution >= 0.6 is 0 Å². The summed E-state index contributed by atoms with van der Waals surface area (Å²) in [5, 5.41) is 2.99. The second-order valence-electron chi connectivity index (χ2n) is 6.74. The number of aromatic nitrogens is 4. The van der Waals surface area contributed by atoms with Crippen molar-refractivity contribution in [2.24, 2.45) is 0 Å². The number of nitrogen functional groups attached to an aromatic ring is 2. The Balaban J connectivity index is 1.69. The summed E-state index contributed by atoms with van der Waals surface area (Å²) in [6, 6.07) is 9.59. The fraction of sp³-hybridized carbons (Fsp3) is 0.316. The maximum Gasteiger partial charge on any atom is 0.273 e. The number of hydrogen-bond acceptors (Lipinski definition) is 7. The van der Waals surface area contributed by atoms with Crippen LogP contribution in [0.5, 0.6) is 0 Å². The van der Waals surface area contributed by atoms with Gasteiger partial charge in [-0.3, -0.25) is 4.79 Å². The molecule has 1 saturated carbocycles. The van der Waals surface area contributed by atoms with E-state index in [0.717, 1.165) is 31.2 Å². The number of nitrogens with zero attached hydrogens (tertiary/aromatic N) is 4. The maximum absolute atomic E-state index is 12.6. The number of amides is 1. The average molecular weight is 363 g/mol. The molecule has 2 aromatic heterocycles. The van der Waals surface area contributed by atoms with Crippen LogP contribution in [0.3, 0.4) is 0 Å². The Kier molecular flexibility index (Phi) is 4.53. The molecular weight excluding hydrogens is 342 g/mol. The lowest BCUT2D eigenvalue weighted by atomic mass is 9.95. The number of rotatable bonds is 3. The molecule has 0 bridgehead atoms. The largest absolute Gasteiger partial charge is 0.382 e. The van der Waals surface area contributed by atoms with E-state index < -0.39 is 0 Å². The summed E-state index contributed by atoms with van der Waals surface area (Å²) in [6.07, 6.45) is 5.39. The Morgan fingerprint density at radius 3 is 2.41 bits per heavy atom. The second-order valence-corrected chi connectivity index (χ2v) is 6.74. The van der Waals surface area contributed by atoms with Crippen molar-refractivity contribution in [1.82, 2.24) is 25.3 Å². The molecule has 0 spiro atoms. The molecule has 1 aliphatic carbocycles. The highest BCUT2D eigenvalue weighted by molar-refractivity contribution is 5.99. The van der Waals surface area contributed by atoms with Crippen LogP contribution in [0, 0.1) is 0 Å². The van der Waals surface area contributed by atoms with Gasteiger partial charge in [-0.1, -0.05) is 49.6 Å². The highest BCUT2D eigenvalue weighted by atomic mass is 16.2. The van der Waals surface area contributed by atoms with Crippen molar-refractivity contribution in [3.05, 3.63) is 36.0 Å². The van der Waals surface area contributed by atoms with Crippen LogP contribution < -0.4 is 16.8 Å². The van der Waals surface area contributed by atoms with Crippen molar-refractivity contribution in [3.63, 3.8) is 0 Å².